The van der Waals surface area contributed by atoms with Crippen LogP contribution in [0.5, 0.6) is 0 Å². The van der Waals surface area contributed by atoms with Crippen molar-refractivity contribution in [1.29, 1.82) is 0 Å². The number of nitrogen functional groups attached to an aromatic ring is 1. The van der Waals surface area contributed by atoms with Gasteiger partial charge in [0.1, 0.15) is 0 Å². The minimum Gasteiger partial charge on any atom is -0.335 e. The zero-order valence-corrected chi connectivity index (χ0v) is 7.77. The number of nitrogens with two attached hydrogens (primary N) is 1. The summed E-state index contributed by atoms with van der Waals surface area (Å²) in [5, 5.41) is 11.6. The number of hydrogen-bond acceptors (Lipinski definition) is 4. The second-order valence-electron chi connectivity index (χ2n) is 2.37. The Bertz CT molecular complexity index is 378. The number of nitrogens with zero attached hydrogens (tertiary/aromatic N) is 5. The SMILES string of the molecule is Cc1nnc(-n2cccn2)n1N.Cl. The van der Waals surface area contributed by atoms with E-state index in [0.717, 1.165) is 0 Å². The summed E-state index contributed by atoms with van der Waals surface area (Å²) in [5.74, 6) is 6.79. The van der Waals surface area contributed by atoms with E-state index in [4.69, 9.17) is 5.84 Å². The zero-order chi connectivity index (χ0) is 8.55. The van der Waals surface area contributed by atoms with Crippen LogP contribution in [0.4, 0.5) is 0 Å². The maximum Gasteiger partial charge on any atom is 0.270 e. The molecule has 0 aliphatic heterocycles. The van der Waals surface area contributed by atoms with Crippen molar-refractivity contribution < 1.29 is 0 Å². The number of rotatable bonds is 1. The van der Waals surface area contributed by atoms with E-state index in [1.165, 1.54) is 4.68 Å². The lowest BCUT2D eigenvalue weighted by Crippen LogP contribution is -2.16. The van der Waals surface area contributed by atoms with Crippen molar-refractivity contribution >= 4 is 12.4 Å². The fourth-order valence-electron chi connectivity index (χ4n) is 0.901. The Morgan fingerprint density at radius 2 is 2.15 bits per heavy atom. The molecule has 2 heterocycles. The lowest BCUT2D eigenvalue weighted by Gasteiger charge is -1.98. The monoisotopic (exact) mass is 200 g/mol. The lowest BCUT2D eigenvalue weighted by atomic mass is 10.7. The standard InChI is InChI=1S/C6H8N6.ClH/c1-5-9-10-6(12(5)7)11-4-2-3-8-11;/h2-4H,7H2,1H3;1H. The Kier molecular flexibility index (Phi) is 2.52. The fraction of sp³-hybridized carbons (Fsp3) is 0.167. The van der Waals surface area contributed by atoms with E-state index in [9.17, 15) is 0 Å². The van der Waals surface area contributed by atoms with Gasteiger partial charge in [0, 0.05) is 12.4 Å². The molecule has 6 nitrogen and oxygen atoms in total. The van der Waals surface area contributed by atoms with Crippen LogP contribution in [0.2, 0.25) is 0 Å². The smallest absolute Gasteiger partial charge is 0.270 e. The van der Waals surface area contributed by atoms with Crippen LogP contribution in [0.25, 0.3) is 5.95 Å². The molecule has 2 N–H and O–H groups in total. The van der Waals surface area contributed by atoms with Crippen molar-refractivity contribution in [1.82, 2.24) is 24.7 Å². The average Bonchev–Trinajstić information content (AvgIpc) is 2.64. The summed E-state index contributed by atoms with van der Waals surface area (Å²) in [6, 6.07) is 1.80. The number of aromatic nitrogens is 5. The summed E-state index contributed by atoms with van der Waals surface area (Å²) in [4.78, 5) is 0. The van der Waals surface area contributed by atoms with Crippen LogP contribution >= 0.6 is 12.4 Å². The first kappa shape index (κ1) is 9.53. The van der Waals surface area contributed by atoms with E-state index in [0.29, 0.717) is 11.8 Å². The summed E-state index contributed by atoms with van der Waals surface area (Å²) >= 11 is 0. The predicted molar refractivity (Wildman–Crippen MR) is 49.3 cm³/mol. The summed E-state index contributed by atoms with van der Waals surface area (Å²) in [5.41, 5.74) is 0. The molecule has 2 aromatic rings. The first-order valence-corrected chi connectivity index (χ1v) is 3.46. The van der Waals surface area contributed by atoms with E-state index in [1.807, 2.05) is 0 Å². The van der Waals surface area contributed by atoms with E-state index < -0.39 is 0 Å². The quantitative estimate of drug-likeness (QED) is 0.653. The molecule has 7 heteroatoms. The third-order valence-electron chi connectivity index (χ3n) is 1.56. The van der Waals surface area contributed by atoms with E-state index >= 15 is 0 Å². The molecule has 0 saturated carbocycles. The Hall–Kier alpha value is -1.56. The van der Waals surface area contributed by atoms with Gasteiger partial charge in [0.25, 0.3) is 5.95 Å². The molecule has 0 amide bonds. The van der Waals surface area contributed by atoms with Crippen LogP contribution in [0.3, 0.4) is 0 Å². The van der Waals surface area contributed by atoms with Gasteiger partial charge in [-0.25, -0.2) is 9.36 Å². The molecule has 2 aromatic heterocycles. The van der Waals surface area contributed by atoms with Gasteiger partial charge in [0.2, 0.25) is 0 Å². The third-order valence-corrected chi connectivity index (χ3v) is 1.56. The first-order chi connectivity index (χ1) is 5.79. The highest BCUT2D eigenvalue weighted by atomic mass is 35.5. The van der Waals surface area contributed by atoms with Gasteiger partial charge in [-0.1, -0.05) is 0 Å². The Morgan fingerprint density at radius 1 is 1.38 bits per heavy atom. The van der Waals surface area contributed by atoms with Crippen LogP contribution in [0.1, 0.15) is 5.82 Å². The molecule has 0 saturated heterocycles. The first-order valence-electron chi connectivity index (χ1n) is 3.46. The van der Waals surface area contributed by atoms with Crippen molar-refractivity contribution in [3.05, 3.63) is 24.3 Å². The van der Waals surface area contributed by atoms with Gasteiger partial charge in [-0.3, -0.25) is 0 Å². The molecule has 0 fully saturated rings. The van der Waals surface area contributed by atoms with Crippen LogP contribution in [0, 0.1) is 6.92 Å². The molecule has 0 aliphatic rings. The van der Waals surface area contributed by atoms with E-state index in [-0.39, 0.29) is 12.4 Å². The highest BCUT2D eigenvalue weighted by Gasteiger charge is 2.06. The maximum absolute atomic E-state index is 5.62. The summed E-state index contributed by atoms with van der Waals surface area (Å²) < 4.78 is 2.94. The second kappa shape index (κ2) is 3.44. The number of halogens is 1. The molecule has 2 rings (SSSR count). The van der Waals surface area contributed by atoms with Crippen LogP contribution < -0.4 is 5.84 Å². The fourth-order valence-corrected chi connectivity index (χ4v) is 0.901. The normalized spacial score (nSPS) is 9.62. The molecule has 0 unspecified atom stereocenters. The minimum atomic E-state index is 0. The molecule has 0 aromatic carbocycles. The second-order valence-corrected chi connectivity index (χ2v) is 2.37. The molecule has 0 bridgehead atoms. The minimum absolute atomic E-state index is 0. The van der Waals surface area contributed by atoms with Gasteiger partial charge < -0.3 is 5.84 Å². The van der Waals surface area contributed by atoms with Gasteiger partial charge >= 0.3 is 0 Å². The van der Waals surface area contributed by atoms with Gasteiger partial charge in [0.15, 0.2) is 5.82 Å². The highest BCUT2D eigenvalue weighted by Crippen LogP contribution is 2.00. The highest BCUT2D eigenvalue weighted by molar-refractivity contribution is 5.85. The number of hydrogen-bond donors (Lipinski definition) is 1. The molecule has 0 atom stereocenters. The molecule has 13 heavy (non-hydrogen) atoms. The maximum atomic E-state index is 5.62. The molecule has 0 spiro atoms. The van der Waals surface area contributed by atoms with E-state index in [2.05, 4.69) is 15.3 Å². The Labute approximate surface area is 80.8 Å². The average molecular weight is 201 g/mol. The summed E-state index contributed by atoms with van der Waals surface area (Å²) in [6.07, 6.45) is 3.41. The van der Waals surface area contributed by atoms with Gasteiger partial charge in [-0.05, 0) is 13.0 Å². The molecule has 0 aliphatic carbocycles. The Balaban J connectivity index is 0.000000845. The zero-order valence-electron chi connectivity index (χ0n) is 6.95. The molecular formula is C6H9ClN6. The van der Waals surface area contributed by atoms with Crippen molar-refractivity contribution in [3.8, 4) is 5.95 Å². The summed E-state index contributed by atoms with van der Waals surface area (Å²) in [6.45, 7) is 1.78. The van der Waals surface area contributed by atoms with Crippen LogP contribution in [-0.4, -0.2) is 24.7 Å². The predicted octanol–water partition coefficient (Wildman–Crippen LogP) is -0.0922. The van der Waals surface area contributed by atoms with Crippen molar-refractivity contribution in [2.24, 2.45) is 0 Å². The largest absolute Gasteiger partial charge is 0.335 e. The molecule has 0 radical (unpaired) electrons. The lowest BCUT2D eigenvalue weighted by molar-refractivity contribution is 0.765. The van der Waals surface area contributed by atoms with Gasteiger partial charge in [-0.2, -0.15) is 5.10 Å². The Morgan fingerprint density at radius 3 is 2.62 bits per heavy atom. The van der Waals surface area contributed by atoms with Crippen molar-refractivity contribution in [2.45, 2.75) is 6.92 Å². The van der Waals surface area contributed by atoms with Crippen molar-refractivity contribution in [3.63, 3.8) is 0 Å². The topological polar surface area (TPSA) is 74.5 Å². The van der Waals surface area contributed by atoms with Gasteiger partial charge in [0.05, 0.1) is 0 Å². The van der Waals surface area contributed by atoms with Crippen LogP contribution in [-0.2, 0) is 0 Å². The summed E-state index contributed by atoms with van der Waals surface area (Å²) in [7, 11) is 0. The molecule has 70 valence electrons. The third kappa shape index (κ3) is 1.48. The van der Waals surface area contributed by atoms with Crippen molar-refractivity contribution in [2.75, 3.05) is 5.84 Å². The van der Waals surface area contributed by atoms with Gasteiger partial charge in [-0.15, -0.1) is 22.6 Å². The molecular weight excluding hydrogens is 192 g/mol. The van der Waals surface area contributed by atoms with E-state index in [1.54, 1.807) is 30.1 Å². The number of aryl methyl sites for hydroxylation is 1. The van der Waals surface area contributed by atoms with Crippen LogP contribution in [0.15, 0.2) is 18.5 Å².